The van der Waals surface area contributed by atoms with E-state index in [1.807, 2.05) is 0 Å². The monoisotopic (exact) mass is 840 g/mol. The van der Waals surface area contributed by atoms with E-state index >= 15 is 0 Å². The van der Waals surface area contributed by atoms with Gasteiger partial charge in [-0.2, -0.15) is 9.44 Å². The van der Waals surface area contributed by atoms with Gasteiger partial charge < -0.3 is 28.7 Å². The largest absolute Gasteiger partial charge is 0.497 e. The van der Waals surface area contributed by atoms with E-state index in [2.05, 4.69) is 33.1 Å². The molecule has 2 N–H and O–H groups in total. The molecular weight excluding hydrogens is 797 g/mol. The Balaban J connectivity index is 1.29. The molecule has 6 rings (SSSR count). The van der Waals surface area contributed by atoms with Gasteiger partial charge in [0.05, 0.1) is 44.3 Å². The Bertz CT molecular complexity index is 2320. The van der Waals surface area contributed by atoms with Crippen molar-refractivity contribution >= 4 is 32.0 Å². The lowest BCUT2D eigenvalue weighted by atomic mass is 9.85. The normalized spacial score (nSPS) is 14.9. The van der Waals surface area contributed by atoms with Crippen LogP contribution in [0.3, 0.4) is 0 Å². The average Bonchev–Trinajstić information content (AvgIpc) is 3.27. The van der Waals surface area contributed by atoms with E-state index in [9.17, 15) is 26.4 Å². The van der Waals surface area contributed by atoms with Gasteiger partial charge >= 0.3 is 12.0 Å². The highest BCUT2D eigenvalue weighted by Gasteiger charge is 2.53. The van der Waals surface area contributed by atoms with Gasteiger partial charge in [0.15, 0.2) is 5.66 Å². The fourth-order valence-electron chi connectivity index (χ4n) is 6.67. The van der Waals surface area contributed by atoms with Crippen LogP contribution in [0, 0.1) is 29.6 Å². The molecular formula is C43H44N4O10S2. The molecule has 4 aromatic rings. The Hall–Kier alpha value is -5.88. The second-order valence-corrected chi connectivity index (χ2v) is 17.0. The summed E-state index contributed by atoms with van der Waals surface area (Å²) in [6.07, 6.45) is 0.103. The van der Waals surface area contributed by atoms with Crippen molar-refractivity contribution in [3.8, 4) is 35.2 Å². The van der Waals surface area contributed by atoms with Gasteiger partial charge in [-0.3, -0.25) is 0 Å². The number of amides is 2. The molecule has 0 aliphatic carbocycles. The molecule has 0 saturated carbocycles. The van der Waals surface area contributed by atoms with Crippen molar-refractivity contribution in [1.82, 2.24) is 19.2 Å². The Morgan fingerprint density at radius 1 is 0.593 bits per heavy atom. The number of urea groups is 1. The third-order valence-corrected chi connectivity index (χ3v) is 12.9. The molecule has 2 fully saturated rings. The topological polar surface area (TPSA) is 170 Å². The zero-order valence-electron chi connectivity index (χ0n) is 32.8. The van der Waals surface area contributed by atoms with Gasteiger partial charge in [-0.25, -0.2) is 26.4 Å². The third kappa shape index (κ3) is 10.4. The number of likely N-dealkylation sites (tertiary alicyclic amines) is 1. The Morgan fingerprint density at radius 3 is 1.31 bits per heavy atom. The number of sulfonamides is 2. The van der Waals surface area contributed by atoms with Crippen LogP contribution in [-0.4, -0.2) is 105 Å². The number of ether oxygens (including phenoxy) is 4. The summed E-state index contributed by atoms with van der Waals surface area (Å²) in [6.45, 7) is 1.88. The van der Waals surface area contributed by atoms with E-state index in [1.54, 1.807) is 72.6 Å². The van der Waals surface area contributed by atoms with Crippen molar-refractivity contribution in [2.75, 3.05) is 60.7 Å². The summed E-state index contributed by atoms with van der Waals surface area (Å²) in [7, 11) is -5.08. The fraction of sp³-hybridized carbons (Fsp3) is 0.302. The number of rotatable bonds is 10. The molecule has 4 aromatic carbocycles. The number of morpholine rings is 1. The van der Waals surface area contributed by atoms with E-state index in [-0.39, 0.29) is 41.8 Å². The number of benzene rings is 4. The van der Waals surface area contributed by atoms with Crippen LogP contribution in [0.25, 0.3) is 0 Å². The van der Waals surface area contributed by atoms with Crippen LogP contribution >= 0.6 is 0 Å². The molecule has 2 aliphatic heterocycles. The first kappa shape index (κ1) is 42.7. The van der Waals surface area contributed by atoms with Crippen LogP contribution in [0.2, 0.25) is 0 Å². The minimum atomic E-state index is -4.63. The van der Waals surface area contributed by atoms with Crippen LogP contribution < -0.4 is 18.9 Å². The summed E-state index contributed by atoms with van der Waals surface area (Å²) in [5.41, 5.74) is -0.0789. The van der Waals surface area contributed by atoms with Gasteiger partial charge in [-0.1, -0.05) is 23.7 Å². The van der Waals surface area contributed by atoms with Crippen molar-refractivity contribution in [3.05, 3.63) is 119 Å². The predicted octanol–water partition coefficient (Wildman–Crippen LogP) is 3.79. The minimum absolute atomic E-state index is 0.0516. The summed E-state index contributed by atoms with van der Waals surface area (Å²) >= 11 is 0. The van der Waals surface area contributed by atoms with Crippen molar-refractivity contribution in [2.45, 2.75) is 28.3 Å². The molecule has 14 nitrogen and oxygen atoms in total. The smallest absolute Gasteiger partial charge is 0.343 e. The minimum Gasteiger partial charge on any atom is -0.497 e. The number of nitrogens with one attached hydrogen (secondary N) is 2. The van der Waals surface area contributed by atoms with E-state index in [1.165, 1.54) is 48.5 Å². The molecule has 2 saturated heterocycles. The van der Waals surface area contributed by atoms with Crippen molar-refractivity contribution in [1.29, 1.82) is 0 Å². The molecule has 0 bridgehead atoms. The molecule has 308 valence electrons. The average molecular weight is 841 g/mol. The molecule has 0 aromatic heterocycles. The Labute approximate surface area is 344 Å². The number of esters is 1. The van der Waals surface area contributed by atoms with Crippen LogP contribution in [0.5, 0.6) is 11.5 Å². The summed E-state index contributed by atoms with van der Waals surface area (Å²) in [4.78, 5) is 30.1. The first-order chi connectivity index (χ1) is 28.4. The summed E-state index contributed by atoms with van der Waals surface area (Å²) in [5, 5.41) is 0. The van der Waals surface area contributed by atoms with E-state index in [4.69, 9.17) is 18.9 Å². The Kier molecular flexibility index (Phi) is 13.6. The number of hydrogen-bond acceptors (Lipinski definition) is 10. The molecule has 2 aliphatic rings. The van der Waals surface area contributed by atoms with Crippen LogP contribution in [0.4, 0.5) is 4.79 Å². The van der Waals surface area contributed by atoms with Gasteiger partial charge in [-0.15, -0.1) is 0 Å². The SMILES string of the molecule is COC(=O)C(NS(=O)(=O)c1ccc(C#Cc2ccc(OC)cc2)cc1)(NS(=O)(=O)c1ccc(C#Cc2ccc(OC)cc2)cc1)C1CCN(C(=O)N2CCOCC2)CC1. The first-order valence-electron chi connectivity index (χ1n) is 18.7. The van der Waals surface area contributed by atoms with E-state index in [0.717, 1.165) is 7.11 Å². The van der Waals surface area contributed by atoms with Gasteiger partial charge in [0.25, 0.3) is 0 Å². The fourth-order valence-corrected chi connectivity index (χ4v) is 9.41. The van der Waals surface area contributed by atoms with Crippen LogP contribution in [0.15, 0.2) is 107 Å². The maximum atomic E-state index is 14.2. The third-order valence-electron chi connectivity index (χ3n) is 9.97. The number of hydrogen-bond donors (Lipinski definition) is 2. The van der Waals surface area contributed by atoms with Crippen LogP contribution in [0.1, 0.15) is 35.1 Å². The molecule has 0 unspecified atom stereocenters. The number of carbonyl (C=O) groups excluding carboxylic acids is 2. The van der Waals surface area contributed by atoms with Gasteiger partial charge in [0.1, 0.15) is 11.5 Å². The van der Waals surface area contributed by atoms with Crippen LogP contribution in [-0.2, 0) is 34.3 Å². The zero-order valence-corrected chi connectivity index (χ0v) is 34.4. The highest BCUT2D eigenvalue weighted by atomic mass is 32.2. The van der Waals surface area contributed by atoms with Crippen molar-refractivity contribution < 1.29 is 45.4 Å². The second kappa shape index (κ2) is 18.8. The Morgan fingerprint density at radius 2 is 0.949 bits per heavy atom. The maximum absolute atomic E-state index is 14.2. The van der Waals surface area contributed by atoms with Crippen molar-refractivity contribution in [2.24, 2.45) is 5.92 Å². The quantitative estimate of drug-likeness (QED) is 0.136. The molecule has 0 radical (unpaired) electrons. The number of piperidine rings is 1. The number of carbonyl (C=O) groups is 2. The molecule has 59 heavy (non-hydrogen) atoms. The summed E-state index contributed by atoms with van der Waals surface area (Å²) in [5.74, 6) is 11.2. The standard InChI is InChI=1S/C43H44N4O10S2/c1-54-37-16-8-32(9-17-37)4-6-34-12-20-39(21-13-34)58(50,51)44-43(41(48)56-3,36-24-26-46(27-25-36)42(49)47-28-30-57-31-29-47)45-59(52,53)40-22-14-35(15-23-40)7-5-33-10-18-38(55-2)19-11-33/h8-23,36,44-45H,24-31H2,1-3H3. The van der Waals surface area contributed by atoms with E-state index in [0.29, 0.717) is 60.1 Å². The highest BCUT2D eigenvalue weighted by Crippen LogP contribution is 2.32. The van der Waals surface area contributed by atoms with E-state index < -0.39 is 37.6 Å². The summed E-state index contributed by atoms with van der Waals surface area (Å²) < 4.78 is 82.7. The highest BCUT2D eigenvalue weighted by molar-refractivity contribution is 7.90. The van der Waals surface area contributed by atoms with Gasteiger partial charge in [0, 0.05) is 54.4 Å². The molecule has 16 heteroatoms. The number of nitrogens with zero attached hydrogens (tertiary/aromatic N) is 2. The lowest BCUT2D eigenvalue weighted by Gasteiger charge is -2.43. The van der Waals surface area contributed by atoms with Crippen molar-refractivity contribution in [3.63, 3.8) is 0 Å². The number of methoxy groups -OCH3 is 3. The summed E-state index contributed by atoms with van der Waals surface area (Å²) in [6, 6.07) is 25.3. The lowest BCUT2D eigenvalue weighted by Crippen LogP contribution is -2.70. The molecule has 0 atom stereocenters. The second-order valence-electron chi connectivity index (χ2n) is 13.7. The zero-order chi connectivity index (χ0) is 42.0. The molecule has 2 amide bonds. The van der Waals surface area contributed by atoms with Gasteiger partial charge in [-0.05, 0) is 110 Å². The lowest BCUT2D eigenvalue weighted by molar-refractivity contribution is -0.152. The molecule has 2 heterocycles. The molecule has 0 spiro atoms. The van der Waals surface area contributed by atoms with Gasteiger partial charge in [0.2, 0.25) is 20.0 Å². The predicted molar refractivity (Wildman–Crippen MR) is 218 cm³/mol. The maximum Gasteiger partial charge on any atom is 0.343 e. The first-order valence-corrected chi connectivity index (χ1v) is 21.6.